The Morgan fingerprint density at radius 1 is 1.19 bits per heavy atom. The van der Waals surface area contributed by atoms with E-state index in [1.165, 1.54) is 5.56 Å². The van der Waals surface area contributed by atoms with Gasteiger partial charge in [0.2, 0.25) is 0 Å². The Hall–Kier alpha value is -0.890. The van der Waals surface area contributed by atoms with E-state index in [0.717, 1.165) is 6.42 Å². The molecule has 0 aliphatic heterocycles. The molecule has 1 N–H and O–H groups in total. The van der Waals surface area contributed by atoms with E-state index in [4.69, 9.17) is 0 Å². The number of hydrogen-bond donors (Lipinski definition) is 1. The standard InChI is InChI=1S/C14H21NO/c1-13(2)12(14(13,3)4)11(16)9-10-5-7-15-8-6-10/h5-8,11-12,16H,9H2,1-4H3. The van der Waals surface area contributed by atoms with Crippen molar-refractivity contribution in [2.75, 3.05) is 0 Å². The first-order valence-electron chi connectivity index (χ1n) is 5.94. The second-order valence-electron chi connectivity index (χ2n) is 6.05. The van der Waals surface area contributed by atoms with Crippen molar-refractivity contribution in [2.45, 2.75) is 40.2 Å². The van der Waals surface area contributed by atoms with Crippen molar-refractivity contribution < 1.29 is 5.11 Å². The fraction of sp³-hybridized carbons (Fsp3) is 0.643. The summed E-state index contributed by atoms with van der Waals surface area (Å²) in [5, 5.41) is 10.3. The van der Waals surface area contributed by atoms with Crippen molar-refractivity contribution in [3.8, 4) is 0 Å². The van der Waals surface area contributed by atoms with E-state index in [2.05, 4.69) is 32.7 Å². The maximum atomic E-state index is 10.3. The third-order valence-electron chi connectivity index (χ3n) is 4.71. The molecule has 2 nitrogen and oxygen atoms in total. The van der Waals surface area contributed by atoms with Crippen molar-refractivity contribution in [3.05, 3.63) is 30.1 Å². The maximum Gasteiger partial charge on any atom is 0.0619 e. The van der Waals surface area contributed by atoms with Crippen LogP contribution in [0.1, 0.15) is 33.3 Å². The van der Waals surface area contributed by atoms with Crippen LogP contribution in [0.25, 0.3) is 0 Å². The number of aliphatic hydroxyl groups is 1. The van der Waals surface area contributed by atoms with Gasteiger partial charge in [0.1, 0.15) is 0 Å². The van der Waals surface area contributed by atoms with E-state index < -0.39 is 0 Å². The molecule has 0 saturated heterocycles. The Morgan fingerprint density at radius 2 is 1.69 bits per heavy atom. The van der Waals surface area contributed by atoms with Gasteiger partial charge >= 0.3 is 0 Å². The highest BCUT2D eigenvalue weighted by Gasteiger charge is 2.66. The third kappa shape index (κ3) is 1.65. The zero-order valence-electron chi connectivity index (χ0n) is 10.6. The van der Waals surface area contributed by atoms with Crippen molar-refractivity contribution >= 4 is 0 Å². The van der Waals surface area contributed by atoms with Crippen molar-refractivity contribution in [1.29, 1.82) is 0 Å². The van der Waals surface area contributed by atoms with Crippen LogP contribution >= 0.6 is 0 Å². The molecule has 16 heavy (non-hydrogen) atoms. The molecule has 1 atom stereocenters. The number of rotatable bonds is 3. The molecule has 0 aromatic carbocycles. The molecule has 1 fully saturated rings. The van der Waals surface area contributed by atoms with Crippen LogP contribution in [0.5, 0.6) is 0 Å². The lowest BCUT2D eigenvalue weighted by atomic mass is 10.0. The van der Waals surface area contributed by atoms with E-state index in [1.807, 2.05) is 12.1 Å². The van der Waals surface area contributed by atoms with Crippen LogP contribution in [-0.2, 0) is 6.42 Å². The first-order chi connectivity index (χ1) is 7.37. The molecule has 1 aromatic heterocycles. The van der Waals surface area contributed by atoms with Crippen LogP contribution in [0.4, 0.5) is 0 Å². The molecule has 0 amide bonds. The van der Waals surface area contributed by atoms with Gasteiger partial charge in [0.15, 0.2) is 0 Å². The highest BCUT2D eigenvalue weighted by atomic mass is 16.3. The number of aromatic nitrogens is 1. The van der Waals surface area contributed by atoms with Crippen LogP contribution in [0.3, 0.4) is 0 Å². The Kier molecular flexibility index (Phi) is 2.58. The Labute approximate surface area is 97.7 Å². The second kappa shape index (κ2) is 3.56. The lowest BCUT2D eigenvalue weighted by Gasteiger charge is -2.12. The first kappa shape index (κ1) is 11.6. The zero-order valence-corrected chi connectivity index (χ0v) is 10.6. The molecule has 1 heterocycles. The van der Waals surface area contributed by atoms with E-state index in [0.29, 0.717) is 5.92 Å². The van der Waals surface area contributed by atoms with Gasteiger partial charge in [0.25, 0.3) is 0 Å². The summed E-state index contributed by atoms with van der Waals surface area (Å²) in [6.07, 6.45) is 4.06. The molecule has 1 unspecified atom stereocenters. The smallest absolute Gasteiger partial charge is 0.0619 e. The summed E-state index contributed by atoms with van der Waals surface area (Å²) in [4.78, 5) is 3.99. The highest BCUT2D eigenvalue weighted by Crippen LogP contribution is 2.69. The molecule has 1 aliphatic rings. The molecule has 88 valence electrons. The molecule has 0 radical (unpaired) electrons. The zero-order chi connectivity index (χ0) is 12.0. The van der Waals surface area contributed by atoms with Crippen LogP contribution in [-0.4, -0.2) is 16.2 Å². The maximum absolute atomic E-state index is 10.3. The van der Waals surface area contributed by atoms with Gasteiger partial charge in [-0.3, -0.25) is 4.98 Å². The van der Waals surface area contributed by atoms with E-state index >= 15 is 0 Å². The molecule has 0 spiro atoms. The molecule has 1 aliphatic carbocycles. The fourth-order valence-electron chi connectivity index (χ4n) is 3.09. The number of nitrogens with zero attached hydrogens (tertiary/aromatic N) is 1. The van der Waals surface area contributed by atoms with Gasteiger partial charge in [-0.1, -0.05) is 27.7 Å². The largest absolute Gasteiger partial charge is 0.392 e. The molecular weight excluding hydrogens is 198 g/mol. The topological polar surface area (TPSA) is 33.1 Å². The van der Waals surface area contributed by atoms with Gasteiger partial charge in [-0.2, -0.15) is 0 Å². The predicted octanol–water partition coefficient (Wildman–Crippen LogP) is 2.67. The lowest BCUT2D eigenvalue weighted by molar-refractivity contribution is 0.129. The van der Waals surface area contributed by atoms with Gasteiger partial charge in [-0.25, -0.2) is 0 Å². The summed E-state index contributed by atoms with van der Waals surface area (Å²) in [6, 6.07) is 3.96. The van der Waals surface area contributed by atoms with Crippen molar-refractivity contribution in [1.82, 2.24) is 4.98 Å². The van der Waals surface area contributed by atoms with Crippen LogP contribution < -0.4 is 0 Å². The van der Waals surface area contributed by atoms with E-state index in [9.17, 15) is 5.11 Å². The fourth-order valence-corrected chi connectivity index (χ4v) is 3.09. The highest BCUT2D eigenvalue weighted by molar-refractivity contribution is 5.18. The summed E-state index contributed by atoms with van der Waals surface area (Å²) in [6.45, 7) is 8.97. The van der Waals surface area contributed by atoms with Gasteiger partial charge in [0, 0.05) is 12.4 Å². The summed E-state index contributed by atoms with van der Waals surface area (Å²) in [7, 11) is 0. The summed E-state index contributed by atoms with van der Waals surface area (Å²) < 4.78 is 0. The van der Waals surface area contributed by atoms with Gasteiger partial charge in [-0.15, -0.1) is 0 Å². The van der Waals surface area contributed by atoms with E-state index in [-0.39, 0.29) is 16.9 Å². The quantitative estimate of drug-likeness (QED) is 0.848. The minimum atomic E-state index is -0.243. The Balaban J connectivity index is 2.04. The molecule has 1 saturated carbocycles. The Morgan fingerprint density at radius 3 is 2.12 bits per heavy atom. The van der Waals surface area contributed by atoms with Gasteiger partial charge in [-0.05, 0) is 40.9 Å². The summed E-state index contributed by atoms with van der Waals surface area (Å²) in [5.41, 5.74) is 1.67. The van der Waals surface area contributed by atoms with Crippen LogP contribution in [0, 0.1) is 16.7 Å². The molecule has 2 rings (SSSR count). The lowest BCUT2D eigenvalue weighted by Crippen LogP contribution is -2.17. The number of aliphatic hydroxyl groups excluding tert-OH is 1. The predicted molar refractivity (Wildman–Crippen MR) is 65.0 cm³/mol. The number of hydrogen-bond acceptors (Lipinski definition) is 2. The molecular formula is C14H21NO. The Bertz CT molecular complexity index is 356. The number of pyridine rings is 1. The minimum Gasteiger partial charge on any atom is -0.392 e. The average Bonchev–Trinajstić information content (AvgIpc) is 2.58. The second-order valence-corrected chi connectivity index (χ2v) is 6.05. The minimum absolute atomic E-state index is 0.243. The summed E-state index contributed by atoms with van der Waals surface area (Å²) in [5.74, 6) is 0.396. The molecule has 1 aromatic rings. The van der Waals surface area contributed by atoms with Crippen LogP contribution in [0.15, 0.2) is 24.5 Å². The van der Waals surface area contributed by atoms with Crippen LogP contribution in [0.2, 0.25) is 0 Å². The first-order valence-corrected chi connectivity index (χ1v) is 5.94. The van der Waals surface area contributed by atoms with E-state index in [1.54, 1.807) is 12.4 Å². The van der Waals surface area contributed by atoms with Gasteiger partial charge in [0.05, 0.1) is 6.10 Å². The van der Waals surface area contributed by atoms with Crippen molar-refractivity contribution in [3.63, 3.8) is 0 Å². The van der Waals surface area contributed by atoms with Crippen molar-refractivity contribution in [2.24, 2.45) is 16.7 Å². The molecule has 0 bridgehead atoms. The normalized spacial score (nSPS) is 24.1. The monoisotopic (exact) mass is 219 g/mol. The third-order valence-corrected chi connectivity index (χ3v) is 4.71. The van der Waals surface area contributed by atoms with Gasteiger partial charge < -0.3 is 5.11 Å². The average molecular weight is 219 g/mol. The SMILES string of the molecule is CC1(C)C(C(O)Cc2ccncc2)C1(C)C. The summed E-state index contributed by atoms with van der Waals surface area (Å²) >= 11 is 0. The molecule has 2 heteroatoms.